The van der Waals surface area contributed by atoms with E-state index >= 15 is 0 Å². The average molecular weight is 296 g/mol. The molecule has 0 heterocycles. The molecule has 16 heavy (non-hydrogen) atoms. The standard InChI is InChI=1S/C8H7Cl2F3N2.ClH/c9-5-1-4(3-8(11,12)13)2-6(10)7(5)15-14;/h1-2,15H,3,14H2;1H. The van der Waals surface area contributed by atoms with Gasteiger partial charge in [-0.15, -0.1) is 12.4 Å². The molecule has 92 valence electrons. The molecule has 0 amide bonds. The van der Waals surface area contributed by atoms with Crippen molar-refractivity contribution in [2.75, 3.05) is 5.43 Å². The van der Waals surface area contributed by atoms with E-state index in [9.17, 15) is 13.2 Å². The van der Waals surface area contributed by atoms with E-state index in [1.165, 1.54) is 12.1 Å². The van der Waals surface area contributed by atoms with Crippen molar-refractivity contribution in [3.63, 3.8) is 0 Å². The predicted molar refractivity (Wildman–Crippen MR) is 61.3 cm³/mol. The highest BCUT2D eigenvalue weighted by molar-refractivity contribution is 6.39. The van der Waals surface area contributed by atoms with E-state index < -0.39 is 12.6 Å². The topological polar surface area (TPSA) is 38.0 Å². The van der Waals surface area contributed by atoms with Gasteiger partial charge in [-0.1, -0.05) is 23.2 Å². The summed E-state index contributed by atoms with van der Waals surface area (Å²) in [6.45, 7) is 0. The van der Waals surface area contributed by atoms with Gasteiger partial charge in [0.15, 0.2) is 0 Å². The van der Waals surface area contributed by atoms with Gasteiger partial charge in [-0.05, 0) is 17.7 Å². The highest BCUT2D eigenvalue weighted by atomic mass is 35.5. The molecule has 1 aromatic rings. The largest absolute Gasteiger partial charge is 0.393 e. The smallest absolute Gasteiger partial charge is 0.321 e. The molecule has 1 aromatic carbocycles. The lowest BCUT2D eigenvalue weighted by Crippen LogP contribution is -2.12. The van der Waals surface area contributed by atoms with Crippen LogP contribution < -0.4 is 11.3 Å². The van der Waals surface area contributed by atoms with Gasteiger partial charge < -0.3 is 5.43 Å². The lowest BCUT2D eigenvalue weighted by molar-refractivity contribution is -0.127. The number of hydrazine groups is 1. The van der Waals surface area contributed by atoms with Crippen molar-refractivity contribution in [3.05, 3.63) is 27.7 Å². The number of hydrogen-bond acceptors (Lipinski definition) is 2. The van der Waals surface area contributed by atoms with Gasteiger partial charge in [-0.2, -0.15) is 13.2 Å². The maximum Gasteiger partial charge on any atom is 0.393 e. The fourth-order valence-electron chi connectivity index (χ4n) is 1.10. The molecule has 0 aromatic heterocycles. The first kappa shape index (κ1) is 15.6. The fourth-order valence-corrected chi connectivity index (χ4v) is 1.74. The Bertz CT molecular complexity index is 345. The Labute approximate surface area is 106 Å². The van der Waals surface area contributed by atoms with Crippen LogP contribution >= 0.6 is 35.6 Å². The summed E-state index contributed by atoms with van der Waals surface area (Å²) >= 11 is 11.3. The van der Waals surface area contributed by atoms with E-state index in [1.54, 1.807) is 0 Å². The van der Waals surface area contributed by atoms with Crippen molar-refractivity contribution in [3.8, 4) is 0 Å². The number of nitrogen functional groups attached to an aromatic ring is 1. The van der Waals surface area contributed by atoms with Gasteiger partial charge in [-0.25, -0.2) is 0 Å². The third-order valence-electron chi connectivity index (χ3n) is 1.65. The maximum atomic E-state index is 12.1. The van der Waals surface area contributed by atoms with Gasteiger partial charge >= 0.3 is 6.18 Å². The van der Waals surface area contributed by atoms with Gasteiger partial charge in [0.05, 0.1) is 22.2 Å². The monoisotopic (exact) mass is 294 g/mol. The predicted octanol–water partition coefficient (Wildman–Crippen LogP) is 3.81. The second-order valence-electron chi connectivity index (χ2n) is 2.87. The summed E-state index contributed by atoms with van der Waals surface area (Å²) in [5, 5.41) is 0.119. The summed E-state index contributed by atoms with van der Waals surface area (Å²) in [4.78, 5) is 0. The molecule has 0 fully saturated rings. The zero-order valence-electron chi connectivity index (χ0n) is 7.74. The summed E-state index contributed by atoms with van der Waals surface area (Å²) in [5.74, 6) is 5.09. The Kier molecular flexibility index (Phi) is 5.69. The van der Waals surface area contributed by atoms with E-state index in [0.29, 0.717) is 0 Å². The van der Waals surface area contributed by atoms with Crippen LogP contribution in [0.5, 0.6) is 0 Å². The number of hydrogen-bond donors (Lipinski definition) is 2. The molecule has 8 heteroatoms. The number of alkyl halides is 3. The van der Waals surface area contributed by atoms with Crippen molar-refractivity contribution in [2.24, 2.45) is 5.84 Å². The highest BCUT2D eigenvalue weighted by Gasteiger charge is 2.28. The van der Waals surface area contributed by atoms with Crippen molar-refractivity contribution in [1.82, 2.24) is 0 Å². The minimum atomic E-state index is -4.29. The molecular formula is C8H8Cl3F3N2. The minimum absolute atomic E-state index is 0. The Morgan fingerprint density at radius 2 is 1.62 bits per heavy atom. The molecule has 0 saturated heterocycles. The van der Waals surface area contributed by atoms with Crippen LogP contribution in [0.3, 0.4) is 0 Å². The van der Waals surface area contributed by atoms with Crippen molar-refractivity contribution in [1.29, 1.82) is 0 Å². The molecular weight excluding hydrogens is 287 g/mol. The number of nitrogens with one attached hydrogen (secondary N) is 1. The Hall–Kier alpha value is -0.360. The van der Waals surface area contributed by atoms with Crippen LogP contribution in [0, 0.1) is 0 Å². The molecule has 0 unspecified atom stereocenters. The van der Waals surface area contributed by atoms with Crippen molar-refractivity contribution in [2.45, 2.75) is 12.6 Å². The molecule has 0 atom stereocenters. The van der Waals surface area contributed by atoms with E-state index in [0.717, 1.165) is 0 Å². The van der Waals surface area contributed by atoms with Crippen LogP contribution in [0.15, 0.2) is 12.1 Å². The van der Waals surface area contributed by atoms with E-state index in [1.807, 2.05) is 0 Å². The molecule has 0 bridgehead atoms. The van der Waals surface area contributed by atoms with Crippen molar-refractivity contribution >= 4 is 41.3 Å². The molecule has 0 radical (unpaired) electrons. The van der Waals surface area contributed by atoms with Crippen LogP contribution in [-0.2, 0) is 6.42 Å². The van der Waals surface area contributed by atoms with Gasteiger partial charge in [0, 0.05) is 0 Å². The SMILES string of the molecule is Cl.NNc1c(Cl)cc(CC(F)(F)F)cc1Cl. The summed E-state index contributed by atoms with van der Waals surface area (Å²) in [6, 6.07) is 2.35. The second-order valence-corrected chi connectivity index (χ2v) is 3.69. The highest BCUT2D eigenvalue weighted by Crippen LogP contribution is 2.33. The average Bonchev–Trinajstić information content (AvgIpc) is 1.99. The zero-order chi connectivity index (χ0) is 11.6. The van der Waals surface area contributed by atoms with Crippen LogP contribution in [-0.4, -0.2) is 6.18 Å². The normalized spacial score (nSPS) is 10.9. The number of anilines is 1. The van der Waals surface area contributed by atoms with Gasteiger partial charge in [0.25, 0.3) is 0 Å². The summed E-state index contributed by atoms with van der Waals surface area (Å²) in [5.41, 5.74) is 2.42. The third kappa shape index (κ3) is 4.25. The Morgan fingerprint density at radius 1 is 1.19 bits per heavy atom. The summed E-state index contributed by atoms with van der Waals surface area (Å²) in [7, 11) is 0. The third-order valence-corrected chi connectivity index (χ3v) is 2.25. The first-order chi connectivity index (χ1) is 6.83. The summed E-state index contributed by atoms with van der Waals surface area (Å²) < 4.78 is 36.2. The van der Waals surface area contributed by atoms with Gasteiger partial charge in [-0.3, -0.25) is 5.84 Å². The molecule has 0 saturated carbocycles. The lowest BCUT2D eigenvalue weighted by Gasteiger charge is -2.10. The van der Waals surface area contributed by atoms with E-state index in [4.69, 9.17) is 29.0 Å². The Morgan fingerprint density at radius 3 is 1.94 bits per heavy atom. The number of halogens is 6. The quantitative estimate of drug-likeness (QED) is 0.643. The van der Waals surface area contributed by atoms with Gasteiger partial charge in [0.1, 0.15) is 0 Å². The maximum absolute atomic E-state index is 12.1. The van der Waals surface area contributed by atoms with E-state index in [2.05, 4.69) is 5.43 Å². The number of nitrogens with two attached hydrogens (primary N) is 1. The first-order valence-electron chi connectivity index (χ1n) is 3.85. The molecule has 0 aliphatic carbocycles. The molecule has 0 aliphatic rings. The molecule has 0 aliphatic heterocycles. The van der Waals surface area contributed by atoms with Crippen LogP contribution in [0.2, 0.25) is 10.0 Å². The minimum Gasteiger partial charge on any atom is -0.321 e. The molecule has 1 rings (SSSR count). The zero-order valence-corrected chi connectivity index (χ0v) is 10.1. The summed E-state index contributed by atoms with van der Waals surface area (Å²) in [6.07, 6.45) is -5.36. The van der Waals surface area contributed by atoms with Crippen molar-refractivity contribution < 1.29 is 13.2 Å². The van der Waals surface area contributed by atoms with Gasteiger partial charge in [0.2, 0.25) is 0 Å². The lowest BCUT2D eigenvalue weighted by atomic mass is 10.1. The molecule has 0 spiro atoms. The molecule has 3 N–H and O–H groups in total. The first-order valence-corrected chi connectivity index (χ1v) is 4.60. The number of benzene rings is 1. The molecule has 2 nitrogen and oxygen atoms in total. The van der Waals surface area contributed by atoms with Crippen LogP contribution in [0.25, 0.3) is 0 Å². The van der Waals surface area contributed by atoms with Crippen LogP contribution in [0.1, 0.15) is 5.56 Å². The Balaban J connectivity index is 0.00000225. The van der Waals surface area contributed by atoms with E-state index in [-0.39, 0.29) is 33.7 Å². The second kappa shape index (κ2) is 5.82. The van der Waals surface area contributed by atoms with Crippen LogP contribution in [0.4, 0.5) is 18.9 Å². The number of rotatable bonds is 2. The fraction of sp³-hybridized carbons (Fsp3) is 0.250.